The highest BCUT2D eigenvalue weighted by Gasteiger charge is 2.44. The maximum atomic E-state index is 10.1. The van der Waals surface area contributed by atoms with Gasteiger partial charge in [0.1, 0.15) is 35.9 Å². The quantitative estimate of drug-likeness (QED) is 0.366. The van der Waals surface area contributed by atoms with Crippen molar-refractivity contribution in [1.82, 2.24) is 0 Å². The number of ether oxygens (including phenoxy) is 3. The van der Waals surface area contributed by atoms with E-state index in [0.29, 0.717) is 16.9 Å². The molecule has 1 aliphatic rings. The van der Waals surface area contributed by atoms with Gasteiger partial charge in [0.25, 0.3) is 0 Å². The average molecular weight is 420 g/mol. The van der Waals surface area contributed by atoms with E-state index >= 15 is 0 Å². The molecule has 0 amide bonds. The normalized spacial score (nSPS) is 26.6. The summed E-state index contributed by atoms with van der Waals surface area (Å²) in [6.45, 7) is -0.576. The van der Waals surface area contributed by atoms with Gasteiger partial charge in [-0.25, -0.2) is 0 Å². The first kappa shape index (κ1) is 21.9. The van der Waals surface area contributed by atoms with Gasteiger partial charge in [-0.3, -0.25) is 0 Å². The van der Waals surface area contributed by atoms with Crippen LogP contribution in [0.2, 0.25) is 0 Å². The standard InChI is InChI=1S/C21H24O9/c1-28-16-5-4-11(8-15(16)24)2-3-12-6-13(23)9-14(7-12)29-21-20(27)19(26)18(25)17(10-22)30-21/h2-9,17-27H,10H2,1H3/b3-2-/t17-,18-,19+,20-,21-/m1/s1. The first-order valence-electron chi connectivity index (χ1n) is 9.18. The van der Waals surface area contributed by atoms with Crippen molar-refractivity contribution < 1.29 is 44.8 Å². The molecule has 0 radical (unpaired) electrons. The molecule has 1 fully saturated rings. The highest BCUT2D eigenvalue weighted by Crippen LogP contribution is 2.30. The minimum absolute atomic E-state index is 0.0119. The fourth-order valence-corrected chi connectivity index (χ4v) is 3.07. The molecule has 2 aromatic rings. The van der Waals surface area contributed by atoms with Gasteiger partial charge in [-0.1, -0.05) is 18.2 Å². The van der Waals surface area contributed by atoms with Gasteiger partial charge < -0.3 is 44.8 Å². The van der Waals surface area contributed by atoms with Gasteiger partial charge in [0, 0.05) is 6.07 Å². The molecule has 2 aromatic carbocycles. The van der Waals surface area contributed by atoms with Crippen molar-refractivity contribution in [2.75, 3.05) is 13.7 Å². The lowest BCUT2D eigenvalue weighted by Crippen LogP contribution is -2.60. The van der Waals surface area contributed by atoms with Crippen LogP contribution in [0.4, 0.5) is 0 Å². The van der Waals surface area contributed by atoms with Crippen molar-refractivity contribution in [2.24, 2.45) is 0 Å². The second-order valence-corrected chi connectivity index (χ2v) is 6.84. The first-order valence-corrected chi connectivity index (χ1v) is 9.18. The lowest BCUT2D eigenvalue weighted by Gasteiger charge is -2.39. The Bertz CT molecular complexity index is 896. The third kappa shape index (κ3) is 4.84. The molecular weight excluding hydrogens is 396 g/mol. The summed E-state index contributed by atoms with van der Waals surface area (Å²) in [5, 5.41) is 58.9. The number of benzene rings is 2. The predicted octanol–water partition coefficient (Wildman–Crippen LogP) is 0.455. The molecule has 0 bridgehead atoms. The molecule has 0 saturated carbocycles. The van der Waals surface area contributed by atoms with Crippen molar-refractivity contribution in [2.45, 2.75) is 30.7 Å². The summed E-state index contributed by atoms with van der Waals surface area (Å²) in [5.74, 6) is 0.354. The molecule has 9 nitrogen and oxygen atoms in total. The number of aliphatic hydroxyl groups excluding tert-OH is 4. The number of phenols is 2. The fraction of sp³-hybridized carbons (Fsp3) is 0.333. The highest BCUT2D eigenvalue weighted by molar-refractivity contribution is 5.72. The molecule has 0 unspecified atom stereocenters. The molecule has 30 heavy (non-hydrogen) atoms. The van der Waals surface area contributed by atoms with E-state index in [1.807, 2.05) is 0 Å². The van der Waals surface area contributed by atoms with Crippen LogP contribution in [0.15, 0.2) is 36.4 Å². The summed E-state index contributed by atoms with van der Waals surface area (Å²) in [6, 6.07) is 9.19. The molecule has 0 spiro atoms. The van der Waals surface area contributed by atoms with Crippen molar-refractivity contribution >= 4 is 12.2 Å². The van der Waals surface area contributed by atoms with Gasteiger partial charge >= 0.3 is 0 Å². The predicted molar refractivity (Wildman–Crippen MR) is 106 cm³/mol. The summed E-state index contributed by atoms with van der Waals surface area (Å²) >= 11 is 0. The third-order valence-corrected chi connectivity index (χ3v) is 4.69. The van der Waals surface area contributed by atoms with Crippen molar-refractivity contribution in [3.05, 3.63) is 47.5 Å². The third-order valence-electron chi connectivity index (χ3n) is 4.69. The summed E-state index contributed by atoms with van der Waals surface area (Å²) in [4.78, 5) is 0. The van der Waals surface area contributed by atoms with Gasteiger partial charge in [-0.15, -0.1) is 0 Å². The van der Waals surface area contributed by atoms with E-state index in [2.05, 4.69) is 0 Å². The molecule has 1 heterocycles. The Balaban J connectivity index is 1.77. The van der Waals surface area contributed by atoms with Crippen LogP contribution in [0.1, 0.15) is 11.1 Å². The van der Waals surface area contributed by atoms with Crippen molar-refractivity contribution in [3.63, 3.8) is 0 Å². The van der Waals surface area contributed by atoms with E-state index in [-0.39, 0.29) is 17.2 Å². The largest absolute Gasteiger partial charge is 0.508 e. The Labute approximate surface area is 172 Å². The smallest absolute Gasteiger partial charge is 0.229 e. The first-order chi connectivity index (χ1) is 14.3. The van der Waals surface area contributed by atoms with Crippen LogP contribution in [0, 0.1) is 0 Å². The van der Waals surface area contributed by atoms with Gasteiger partial charge in [-0.05, 0) is 35.4 Å². The van der Waals surface area contributed by atoms with Crippen molar-refractivity contribution in [1.29, 1.82) is 0 Å². The molecule has 9 heteroatoms. The summed E-state index contributed by atoms with van der Waals surface area (Å²) in [5.41, 5.74) is 1.23. The molecule has 1 aliphatic heterocycles. The molecule has 6 N–H and O–H groups in total. The van der Waals surface area contributed by atoms with E-state index in [0.717, 1.165) is 0 Å². The van der Waals surface area contributed by atoms with Crippen LogP contribution in [0.5, 0.6) is 23.0 Å². The lowest BCUT2D eigenvalue weighted by molar-refractivity contribution is -0.277. The fourth-order valence-electron chi connectivity index (χ4n) is 3.07. The van der Waals surface area contributed by atoms with Crippen molar-refractivity contribution in [3.8, 4) is 23.0 Å². The number of aromatic hydroxyl groups is 2. The van der Waals surface area contributed by atoms with Crippen LogP contribution < -0.4 is 9.47 Å². The van der Waals surface area contributed by atoms with E-state index in [9.17, 15) is 30.6 Å². The summed E-state index contributed by atoms with van der Waals surface area (Å²) < 4.78 is 15.8. The molecule has 0 aromatic heterocycles. The molecular formula is C21H24O9. The SMILES string of the molecule is COc1ccc(/C=C\c2cc(O)cc(O[C@@H]3O[C@H](CO)[C@@H](O)[C@H](O)[C@H]3O)c2)cc1O. The van der Waals surface area contributed by atoms with Crippen LogP contribution in [-0.2, 0) is 4.74 Å². The maximum absolute atomic E-state index is 10.1. The molecule has 162 valence electrons. The minimum atomic E-state index is -1.57. The number of methoxy groups -OCH3 is 1. The van der Waals surface area contributed by atoms with Crippen LogP contribution >= 0.6 is 0 Å². The lowest BCUT2D eigenvalue weighted by atomic mass is 9.99. The van der Waals surface area contributed by atoms with E-state index in [1.165, 1.54) is 25.3 Å². The number of hydrogen-bond donors (Lipinski definition) is 6. The highest BCUT2D eigenvalue weighted by atomic mass is 16.7. The van der Waals surface area contributed by atoms with E-state index in [1.54, 1.807) is 30.4 Å². The van der Waals surface area contributed by atoms with Crippen LogP contribution in [-0.4, -0.2) is 75.1 Å². The number of phenolic OH excluding ortho intramolecular Hbond substituents is 2. The number of hydrogen-bond acceptors (Lipinski definition) is 9. The second kappa shape index (κ2) is 9.33. The number of aliphatic hydroxyl groups is 4. The second-order valence-electron chi connectivity index (χ2n) is 6.84. The minimum Gasteiger partial charge on any atom is -0.508 e. The van der Waals surface area contributed by atoms with E-state index < -0.39 is 37.3 Å². The molecule has 0 aliphatic carbocycles. The maximum Gasteiger partial charge on any atom is 0.229 e. The van der Waals surface area contributed by atoms with Gasteiger partial charge in [-0.2, -0.15) is 0 Å². The molecule has 3 rings (SSSR count). The average Bonchev–Trinajstić information content (AvgIpc) is 2.72. The van der Waals surface area contributed by atoms with Crippen LogP contribution in [0.25, 0.3) is 12.2 Å². The van der Waals surface area contributed by atoms with Gasteiger partial charge in [0.05, 0.1) is 13.7 Å². The summed E-state index contributed by atoms with van der Waals surface area (Å²) in [6.07, 6.45) is -3.72. The zero-order valence-electron chi connectivity index (χ0n) is 16.1. The zero-order chi connectivity index (χ0) is 21.8. The molecule has 1 saturated heterocycles. The monoisotopic (exact) mass is 420 g/mol. The Hall–Kier alpha value is -2.82. The Morgan fingerprint density at radius 1 is 0.933 bits per heavy atom. The van der Waals surface area contributed by atoms with Gasteiger partial charge in [0.15, 0.2) is 11.5 Å². The van der Waals surface area contributed by atoms with E-state index in [4.69, 9.17) is 14.2 Å². The summed E-state index contributed by atoms with van der Waals surface area (Å²) in [7, 11) is 1.45. The Kier molecular flexibility index (Phi) is 6.80. The molecule has 5 atom stereocenters. The topological polar surface area (TPSA) is 149 Å². The van der Waals surface area contributed by atoms with Crippen LogP contribution in [0.3, 0.4) is 0 Å². The zero-order valence-corrected chi connectivity index (χ0v) is 16.1. The Morgan fingerprint density at radius 2 is 1.67 bits per heavy atom. The van der Waals surface area contributed by atoms with Gasteiger partial charge in [0.2, 0.25) is 6.29 Å². The Morgan fingerprint density at radius 3 is 2.33 bits per heavy atom. The number of rotatable bonds is 6.